The number of nitrogens with zero attached hydrogens (tertiary/aromatic N) is 1. The molecule has 21 heavy (non-hydrogen) atoms. The standard InChI is InChI=1S/C14H19FN2O3S/c1-21(19,20)17-9-3-6-13(17)14(18)16-8-7-11-4-2-5-12(15)10-11/h2,4-5,10,13H,3,6-9H2,1H3,(H,16,18). The maximum Gasteiger partial charge on any atom is 0.238 e. The molecule has 1 unspecified atom stereocenters. The third kappa shape index (κ3) is 4.25. The van der Waals surface area contributed by atoms with Crippen LogP contribution in [0.2, 0.25) is 0 Å². The Morgan fingerprint density at radius 1 is 1.48 bits per heavy atom. The number of nitrogens with one attached hydrogen (secondary N) is 1. The number of sulfonamides is 1. The molecule has 0 aliphatic carbocycles. The molecule has 1 fully saturated rings. The van der Waals surface area contributed by atoms with Gasteiger partial charge in [-0.25, -0.2) is 12.8 Å². The van der Waals surface area contributed by atoms with Gasteiger partial charge in [0.05, 0.1) is 6.26 Å². The Labute approximate surface area is 124 Å². The van der Waals surface area contributed by atoms with Crippen molar-refractivity contribution in [2.24, 2.45) is 0 Å². The molecule has 0 spiro atoms. The summed E-state index contributed by atoms with van der Waals surface area (Å²) in [5.74, 6) is -0.591. The van der Waals surface area contributed by atoms with Crippen LogP contribution in [-0.2, 0) is 21.2 Å². The Hall–Kier alpha value is -1.47. The molecule has 0 saturated carbocycles. The molecule has 1 heterocycles. The molecule has 1 atom stereocenters. The molecule has 1 saturated heterocycles. The first-order valence-corrected chi connectivity index (χ1v) is 8.72. The lowest BCUT2D eigenvalue weighted by atomic mass is 10.1. The van der Waals surface area contributed by atoms with Crippen LogP contribution in [0.5, 0.6) is 0 Å². The molecule has 1 N–H and O–H groups in total. The highest BCUT2D eigenvalue weighted by atomic mass is 32.2. The van der Waals surface area contributed by atoms with E-state index in [9.17, 15) is 17.6 Å². The van der Waals surface area contributed by atoms with Crippen LogP contribution in [0.15, 0.2) is 24.3 Å². The molecule has 1 aromatic carbocycles. The molecule has 1 amide bonds. The maximum atomic E-state index is 13.0. The third-order valence-corrected chi connectivity index (χ3v) is 4.82. The summed E-state index contributed by atoms with van der Waals surface area (Å²) in [6, 6.07) is 5.57. The number of amides is 1. The lowest BCUT2D eigenvalue weighted by Gasteiger charge is -2.21. The molecule has 116 valence electrons. The number of hydrogen-bond donors (Lipinski definition) is 1. The summed E-state index contributed by atoms with van der Waals surface area (Å²) >= 11 is 0. The number of carbonyl (C=O) groups excluding carboxylic acids is 1. The van der Waals surface area contributed by atoms with Crippen LogP contribution in [0.1, 0.15) is 18.4 Å². The van der Waals surface area contributed by atoms with Crippen molar-refractivity contribution in [2.45, 2.75) is 25.3 Å². The maximum absolute atomic E-state index is 13.0. The van der Waals surface area contributed by atoms with Crippen molar-refractivity contribution < 1.29 is 17.6 Å². The monoisotopic (exact) mass is 314 g/mol. The average Bonchev–Trinajstić information content (AvgIpc) is 2.88. The van der Waals surface area contributed by atoms with Gasteiger partial charge in [-0.3, -0.25) is 4.79 Å². The zero-order chi connectivity index (χ0) is 15.5. The summed E-state index contributed by atoms with van der Waals surface area (Å²) in [6.07, 6.45) is 2.86. The average molecular weight is 314 g/mol. The minimum atomic E-state index is -3.36. The van der Waals surface area contributed by atoms with Crippen molar-refractivity contribution in [1.29, 1.82) is 0 Å². The molecule has 7 heteroatoms. The van der Waals surface area contributed by atoms with Crippen molar-refractivity contribution in [2.75, 3.05) is 19.3 Å². The van der Waals surface area contributed by atoms with Crippen LogP contribution in [0.3, 0.4) is 0 Å². The van der Waals surface area contributed by atoms with Crippen LogP contribution < -0.4 is 5.32 Å². The molecule has 5 nitrogen and oxygen atoms in total. The summed E-state index contributed by atoms with van der Waals surface area (Å²) in [5, 5.41) is 2.73. The van der Waals surface area contributed by atoms with Crippen molar-refractivity contribution in [3.05, 3.63) is 35.6 Å². The highest BCUT2D eigenvalue weighted by Crippen LogP contribution is 2.20. The normalized spacial score (nSPS) is 19.6. The van der Waals surface area contributed by atoms with Gasteiger partial charge in [0.15, 0.2) is 0 Å². The topological polar surface area (TPSA) is 66.5 Å². The molecule has 0 aromatic heterocycles. The predicted octanol–water partition coefficient (Wildman–Crippen LogP) is 0.908. The first-order chi connectivity index (χ1) is 9.88. The molecular formula is C14H19FN2O3S. The second-order valence-electron chi connectivity index (χ2n) is 5.20. The minimum absolute atomic E-state index is 0.283. The van der Waals surface area contributed by atoms with Gasteiger partial charge >= 0.3 is 0 Å². The highest BCUT2D eigenvalue weighted by Gasteiger charge is 2.36. The van der Waals surface area contributed by atoms with Gasteiger partial charge in [0, 0.05) is 13.1 Å². The first-order valence-electron chi connectivity index (χ1n) is 6.87. The lowest BCUT2D eigenvalue weighted by Crippen LogP contribution is -2.45. The van der Waals surface area contributed by atoms with Gasteiger partial charge < -0.3 is 5.32 Å². The van der Waals surface area contributed by atoms with E-state index in [0.29, 0.717) is 32.4 Å². The predicted molar refractivity (Wildman–Crippen MR) is 77.7 cm³/mol. The summed E-state index contributed by atoms with van der Waals surface area (Å²) in [5.41, 5.74) is 0.793. The minimum Gasteiger partial charge on any atom is -0.354 e. The van der Waals surface area contributed by atoms with E-state index in [0.717, 1.165) is 11.8 Å². The quantitative estimate of drug-likeness (QED) is 0.878. The SMILES string of the molecule is CS(=O)(=O)N1CCCC1C(=O)NCCc1cccc(F)c1. The Bertz CT molecular complexity index is 618. The van der Waals surface area contributed by atoms with Gasteiger partial charge in [0.2, 0.25) is 15.9 Å². The van der Waals surface area contributed by atoms with E-state index in [1.807, 2.05) is 0 Å². The van der Waals surface area contributed by atoms with Crippen LogP contribution >= 0.6 is 0 Å². The van der Waals surface area contributed by atoms with Gasteiger partial charge in [-0.05, 0) is 37.0 Å². The third-order valence-electron chi connectivity index (χ3n) is 3.53. The van der Waals surface area contributed by atoms with E-state index in [2.05, 4.69) is 5.32 Å². The fourth-order valence-corrected chi connectivity index (χ4v) is 3.66. The summed E-state index contributed by atoms with van der Waals surface area (Å²) in [4.78, 5) is 12.1. The van der Waals surface area contributed by atoms with Gasteiger partial charge in [-0.2, -0.15) is 4.31 Å². The molecule has 1 aliphatic rings. The second-order valence-corrected chi connectivity index (χ2v) is 7.14. The van der Waals surface area contributed by atoms with Crippen LogP contribution in [0.4, 0.5) is 4.39 Å². The summed E-state index contributed by atoms with van der Waals surface area (Å²) in [7, 11) is -3.36. The molecule has 0 radical (unpaired) electrons. The summed E-state index contributed by atoms with van der Waals surface area (Å²) < 4.78 is 37.4. The van der Waals surface area contributed by atoms with Gasteiger partial charge in [0.1, 0.15) is 11.9 Å². The number of hydrogen-bond acceptors (Lipinski definition) is 3. The molecule has 1 aliphatic heterocycles. The zero-order valence-corrected chi connectivity index (χ0v) is 12.7. The van der Waals surface area contributed by atoms with E-state index in [-0.39, 0.29) is 11.7 Å². The molecular weight excluding hydrogens is 295 g/mol. The van der Waals surface area contributed by atoms with Gasteiger partial charge in [0.25, 0.3) is 0 Å². The smallest absolute Gasteiger partial charge is 0.238 e. The molecule has 1 aromatic rings. The molecule has 2 rings (SSSR count). The molecule has 0 bridgehead atoms. The second kappa shape index (κ2) is 6.53. The number of rotatable bonds is 5. The number of carbonyl (C=O) groups is 1. The van der Waals surface area contributed by atoms with Gasteiger partial charge in [-0.15, -0.1) is 0 Å². The van der Waals surface area contributed by atoms with E-state index in [1.54, 1.807) is 12.1 Å². The van der Waals surface area contributed by atoms with Crippen LogP contribution in [-0.4, -0.2) is 44.0 Å². The Balaban J connectivity index is 1.87. The van der Waals surface area contributed by atoms with E-state index in [1.165, 1.54) is 16.4 Å². The fourth-order valence-electron chi connectivity index (χ4n) is 2.54. The summed E-state index contributed by atoms with van der Waals surface area (Å²) in [6.45, 7) is 0.747. The number of benzene rings is 1. The van der Waals surface area contributed by atoms with Crippen molar-refractivity contribution >= 4 is 15.9 Å². The largest absolute Gasteiger partial charge is 0.354 e. The van der Waals surface area contributed by atoms with Crippen molar-refractivity contribution in [1.82, 2.24) is 9.62 Å². The van der Waals surface area contributed by atoms with Crippen molar-refractivity contribution in [3.63, 3.8) is 0 Å². The van der Waals surface area contributed by atoms with Crippen LogP contribution in [0.25, 0.3) is 0 Å². The Morgan fingerprint density at radius 3 is 2.90 bits per heavy atom. The Kier molecular flexibility index (Phi) is 4.95. The lowest BCUT2D eigenvalue weighted by molar-refractivity contribution is -0.124. The zero-order valence-electron chi connectivity index (χ0n) is 11.9. The van der Waals surface area contributed by atoms with Crippen LogP contribution in [0, 0.1) is 5.82 Å². The first kappa shape index (κ1) is 15.9. The fraction of sp³-hybridized carbons (Fsp3) is 0.500. The van der Waals surface area contributed by atoms with Crippen molar-refractivity contribution in [3.8, 4) is 0 Å². The Morgan fingerprint density at radius 2 is 2.24 bits per heavy atom. The van der Waals surface area contributed by atoms with E-state index < -0.39 is 16.1 Å². The van der Waals surface area contributed by atoms with E-state index >= 15 is 0 Å². The highest BCUT2D eigenvalue weighted by molar-refractivity contribution is 7.88. The number of halogens is 1. The van der Waals surface area contributed by atoms with E-state index in [4.69, 9.17) is 0 Å². The van der Waals surface area contributed by atoms with Gasteiger partial charge in [-0.1, -0.05) is 12.1 Å².